The third-order valence-electron chi connectivity index (χ3n) is 4.09. The van der Waals surface area contributed by atoms with Gasteiger partial charge in [0.05, 0.1) is 24.4 Å². The van der Waals surface area contributed by atoms with Crippen molar-refractivity contribution in [2.24, 2.45) is 7.05 Å². The molecule has 21 heavy (non-hydrogen) atoms. The van der Waals surface area contributed by atoms with Crippen molar-refractivity contribution in [2.75, 3.05) is 7.11 Å². The van der Waals surface area contributed by atoms with Gasteiger partial charge in [-0.3, -0.25) is 0 Å². The van der Waals surface area contributed by atoms with E-state index in [1.165, 1.54) is 6.42 Å². The van der Waals surface area contributed by atoms with Crippen LogP contribution in [0.25, 0.3) is 0 Å². The molecule has 0 spiro atoms. The first-order chi connectivity index (χ1) is 10.1. The van der Waals surface area contributed by atoms with E-state index in [1.54, 1.807) is 11.8 Å². The topological polar surface area (TPSA) is 69.8 Å². The average Bonchev–Trinajstić information content (AvgIpc) is 3.10. The van der Waals surface area contributed by atoms with Crippen LogP contribution in [0.15, 0.2) is 0 Å². The zero-order valence-electron chi connectivity index (χ0n) is 13.1. The monoisotopic (exact) mass is 290 g/mol. The third kappa shape index (κ3) is 2.42. The Kier molecular flexibility index (Phi) is 3.67. The van der Waals surface area contributed by atoms with Crippen LogP contribution in [0.2, 0.25) is 0 Å². The van der Waals surface area contributed by atoms with Gasteiger partial charge in [-0.15, -0.1) is 10.2 Å². The van der Waals surface area contributed by atoms with Crippen molar-refractivity contribution in [1.29, 1.82) is 0 Å². The van der Waals surface area contributed by atoms with Crippen LogP contribution in [0.5, 0.6) is 5.88 Å². The Balaban J connectivity index is 1.73. The largest absolute Gasteiger partial charge is 0.481 e. The highest BCUT2D eigenvalue weighted by Gasteiger charge is 2.22. The second-order valence-corrected chi connectivity index (χ2v) is 5.53. The quantitative estimate of drug-likeness (QED) is 0.894. The van der Waals surface area contributed by atoms with Gasteiger partial charge in [0, 0.05) is 26.6 Å². The summed E-state index contributed by atoms with van der Waals surface area (Å²) in [7, 11) is 3.57. The van der Waals surface area contributed by atoms with E-state index in [4.69, 9.17) is 4.74 Å². The zero-order valence-corrected chi connectivity index (χ0v) is 13.1. The molecule has 7 heteroatoms. The van der Waals surface area contributed by atoms with Crippen LogP contribution < -0.4 is 10.1 Å². The number of nitrogens with zero attached hydrogens (tertiary/aromatic N) is 5. The average molecular weight is 290 g/mol. The van der Waals surface area contributed by atoms with Crippen LogP contribution in [0.4, 0.5) is 0 Å². The molecule has 7 nitrogen and oxygen atoms in total. The highest BCUT2D eigenvalue weighted by atomic mass is 16.5. The second kappa shape index (κ2) is 5.48. The van der Waals surface area contributed by atoms with Crippen LogP contribution in [0.1, 0.15) is 42.3 Å². The number of methoxy groups -OCH3 is 1. The molecule has 1 atom stereocenters. The summed E-state index contributed by atoms with van der Waals surface area (Å²) in [5.74, 6) is 2.93. The van der Waals surface area contributed by atoms with E-state index in [1.807, 2.05) is 14.0 Å². The number of ether oxygens (including phenoxy) is 1. The minimum Gasteiger partial charge on any atom is -0.481 e. The van der Waals surface area contributed by atoms with Crippen molar-refractivity contribution >= 4 is 0 Å². The van der Waals surface area contributed by atoms with Gasteiger partial charge in [-0.25, -0.2) is 4.68 Å². The van der Waals surface area contributed by atoms with E-state index in [-0.39, 0.29) is 6.04 Å². The maximum atomic E-state index is 5.42. The smallest absolute Gasteiger partial charge is 0.216 e. The van der Waals surface area contributed by atoms with Gasteiger partial charge in [-0.05, 0) is 20.3 Å². The summed E-state index contributed by atoms with van der Waals surface area (Å²) in [6, 6.07) is 0.147. The summed E-state index contributed by atoms with van der Waals surface area (Å²) >= 11 is 0. The van der Waals surface area contributed by atoms with Gasteiger partial charge in [0.15, 0.2) is 0 Å². The van der Waals surface area contributed by atoms with Crippen molar-refractivity contribution < 1.29 is 4.74 Å². The van der Waals surface area contributed by atoms with Crippen molar-refractivity contribution in [1.82, 2.24) is 29.9 Å². The molecular weight excluding hydrogens is 268 g/mol. The molecule has 0 radical (unpaired) electrons. The van der Waals surface area contributed by atoms with Crippen molar-refractivity contribution in [3.05, 3.63) is 22.9 Å². The molecule has 3 rings (SSSR count). The van der Waals surface area contributed by atoms with Gasteiger partial charge in [0.2, 0.25) is 5.88 Å². The summed E-state index contributed by atoms with van der Waals surface area (Å²) in [4.78, 5) is 0. The van der Waals surface area contributed by atoms with E-state index in [0.29, 0.717) is 6.54 Å². The van der Waals surface area contributed by atoms with Crippen LogP contribution in [0, 0.1) is 6.92 Å². The Morgan fingerprint density at radius 3 is 2.95 bits per heavy atom. The van der Waals surface area contributed by atoms with Gasteiger partial charge in [-0.1, -0.05) is 0 Å². The first-order valence-electron chi connectivity index (χ1n) is 7.33. The molecule has 0 amide bonds. The molecule has 0 unspecified atom stereocenters. The summed E-state index contributed by atoms with van der Waals surface area (Å²) in [6.45, 7) is 5.85. The van der Waals surface area contributed by atoms with Gasteiger partial charge in [0.1, 0.15) is 11.6 Å². The summed E-state index contributed by atoms with van der Waals surface area (Å²) in [5, 5.41) is 16.5. The molecule has 3 heterocycles. The zero-order chi connectivity index (χ0) is 15.0. The molecule has 1 N–H and O–H groups in total. The number of nitrogens with one attached hydrogen (secondary N) is 1. The molecule has 2 aromatic heterocycles. The lowest BCUT2D eigenvalue weighted by Crippen LogP contribution is -2.22. The van der Waals surface area contributed by atoms with E-state index < -0.39 is 0 Å². The maximum absolute atomic E-state index is 5.42. The van der Waals surface area contributed by atoms with Gasteiger partial charge < -0.3 is 14.6 Å². The Labute approximate surface area is 124 Å². The highest BCUT2D eigenvalue weighted by molar-refractivity contribution is 5.30. The lowest BCUT2D eigenvalue weighted by molar-refractivity contribution is 0.366. The van der Waals surface area contributed by atoms with Crippen LogP contribution >= 0.6 is 0 Å². The Hall–Kier alpha value is -1.89. The van der Waals surface area contributed by atoms with Crippen LogP contribution in [-0.4, -0.2) is 31.7 Å². The molecule has 0 aromatic carbocycles. The standard InChI is InChI=1S/C14H22N6O/c1-9-11(14(21-4)19(3)18-9)8-15-10(2)13-17-16-12-6-5-7-20(12)13/h10,15H,5-8H2,1-4H3/t10-/m1/s1. The second-order valence-electron chi connectivity index (χ2n) is 5.53. The first kappa shape index (κ1) is 14.1. The Bertz CT molecular complexity index is 644. The highest BCUT2D eigenvalue weighted by Crippen LogP contribution is 2.23. The molecular formula is C14H22N6O. The molecule has 1 aliphatic heterocycles. The molecule has 2 aromatic rings. The maximum Gasteiger partial charge on any atom is 0.216 e. The molecule has 0 fully saturated rings. The van der Waals surface area contributed by atoms with Gasteiger partial charge in [-0.2, -0.15) is 5.10 Å². The number of hydrogen-bond acceptors (Lipinski definition) is 5. The van der Waals surface area contributed by atoms with Gasteiger partial charge in [0.25, 0.3) is 0 Å². The van der Waals surface area contributed by atoms with Crippen molar-refractivity contribution in [3.8, 4) is 5.88 Å². The summed E-state index contributed by atoms with van der Waals surface area (Å²) in [6.07, 6.45) is 2.20. The number of fused-ring (bicyclic) bond motifs is 1. The van der Waals surface area contributed by atoms with E-state index >= 15 is 0 Å². The third-order valence-corrected chi connectivity index (χ3v) is 4.09. The van der Waals surface area contributed by atoms with E-state index in [0.717, 1.165) is 41.8 Å². The SMILES string of the molecule is COc1c(CN[C@H](C)c2nnc3n2CCC3)c(C)nn1C. The minimum atomic E-state index is 0.147. The molecule has 114 valence electrons. The molecule has 0 saturated carbocycles. The van der Waals surface area contributed by atoms with Crippen molar-refractivity contribution in [2.45, 2.75) is 45.8 Å². The molecule has 1 aliphatic rings. The fourth-order valence-corrected chi connectivity index (χ4v) is 2.98. The van der Waals surface area contributed by atoms with Crippen molar-refractivity contribution in [3.63, 3.8) is 0 Å². The fourth-order valence-electron chi connectivity index (χ4n) is 2.98. The van der Waals surface area contributed by atoms with Crippen LogP contribution in [0.3, 0.4) is 0 Å². The summed E-state index contributed by atoms with van der Waals surface area (Å²) in [5.41, 5.74) is 2.08. The number of aromatic nitrogens is 5. The van der Waals surface area contributed by atoms with Gasteiger partial charge >= 0.3 is 0 Å². The first-order valence-corrected chi connectivity index (χ1v) is 7.33. The van der Waals surface area contributed by atoms with E-state index in [2.05, 4.69) is 32.1 Å². The lowest BCUT2D eigenvalue weighted by atomic mass is 10.2. The van der Waals surface area contributed by atoms with E-state index in [9.17, 15) is 0 Å². The number of rotatable bonds is 5. The summed E-state index contributed by atoms with van der Waals surface area (Å²) < 4.78 is 9.42. The molecule has 0 aliphatic carbocycles. The molecule has 0 saturated heterocycles. The minimum absolute atomic E-state index is 0.147. The lowest BCUT2D eigenvalue weighted by Gasteiger charge is -2.14. The number of aryl methyl sites for hydroxylation is 3. The predicted octanol–water partition coefficient (Wildman–Crippen LogP) is 1.13. The number of hydrogen-bond donors (Lipinski definition) is 1. The normalized spacial score (nSPS) is 15.2. The molecule has 0 bridgehead atoms. The fraction of sp³-hybridized carbons (Fsp3) is 0.643. The Morgan fingerprint density at radius 1 is 1.38 bits per heavy atom. The Morgan fingerprint density at radius 2 is 2.19 bits per heavy atom. The predicted molar refractivity (Wildman–Crippen MR) is 78.1 cm³/mol. The van der Waals surface area contributed by atoms with Crippen LogP contribution in [-0.2, 0) is 26.6 Å².